The van der Waals surface area contributed by atoms with Gasteiger partial charge in [0.05, 0.1) is 43.0 Å². The van der Waals surface area contributed by atoms with Crippen LogP contribution in [0.25, 0.3) is 5.76 Å². The number of aromatic hydroxyl groups is 1. The summed E-state index contributed by atoms with van der Waals surface area (Å²) in [5, 5.41) is 21.4. The van der Waals surface area contributed by atoms with E-state index in [1.54, 1.807) is 24.3 Å². The number of likely N-dealkylation sites (tertiary alicyclic amines) is 1. The molecule has 1 atom stereocenters. The summed E-state index contributed by atoms with van der Waals surface area (Å²) in [5.41, 5.74) is 1.09. The van der Waals surface area contributed by atoms with E-state index in [4.69, 9.17) is 37.4 Å². The normalized spacial score (nSPS) is 16.5. The highest BCUT2D eigenvalue weighted by atomic mass is 35.5. The highest BCUT2D eigenvalue weighted by Crippen LogP contribution is 2.47. The molecule has 2 N–H and O–H groups in total. The second-order valence-corrected chi connectivity index (χ2v) is 10.4. The summed E-state index contributed by atoms with van der Waals surface area (Å²) >= 11 is 12.8. The lowest BCUT2D eigenvalue weighted by Gasteiger charge is -2.26. The molecule has 1 heterocycles. The Morgan fingerprint density at radius 3 is 2.17 bits per heavy atom. The van der Waals surface area contributed by atoms with Crippen LogP contribution in [0.15, 0.2) is 60.2 Å². The number of amides is 1. The quantitative estimate of drug-likeness (QED) is 0.171. The molecule has 0 saturated carbocycles. The average molecular weight is 586 g/mol. The largest absolute Gasteiger partial charge is 0.508 e. The van der Waals surface area contributed by atoms with Gasteiger partial charge in [-0.25, -0.2) is 0 Å². The van der Waals surface area contributed by atoms with Crippen LogP contribution in [0.2, 0.25) is 10.0 Å². The molecule has 1 aliphatic heterocycles. The van der Waals surface area contributed by atoms with Crippen molar-refractivity contribution in [2.45, 2.75) is 26.4 Å². The Morgan fingerprint density at radius 1 is 0.975 bits per heavy atom. The van der Waals surface area contributed by atoms with Gasteiger partial charge in [-0.2, -0.15) is 0 Å². The van der Waals surface area contributed by atoms with Gasteiger partial charge < -0.3 is 29.3 Å². The predicted molar refractivity (Wildman–Crippen MR) is 152 cm³/mol. The van der Waals surface area contributed by atoms with Gasteiger partial charge in [0.1, 0.15) is 22.3 Å². The molecule has 40 heavy (non-hydrogen) atoms. The fraction of sp³-hybridized carbons (Fsp3) is 0.267. The van der Waals surface area contributed by atoms with Crippen LogP contribution in [-0.2, 0) is 16.1 Å². The lowest BCUT2D eigenvalue weighted by molar-refractivity contribution is -0.140. The maximum Gasteiger partial charge on any atom is 0.295 e. The van der Waals surface area contributed by atoms with Crippen LogP contribution in [0.5, 0.6) is 23.0 Å². The molecular weight excluding hydrogens is 557 g/mol. The van der Waals surface area contributed by atoms with Crippen molar-refractivity contribution in [3.8, 4) is 23.0 Å². The van der Waals surface area contributed by atoms with Gasteiger partial charge in [0, 0.05) is 6.54 Å². The van der Waals surface area contributed by atoms with E-state index in [0.717, 1.165) is 5.56 Å². The van der Waals surface area contributed by atoms with Gasteiger partial charge in [-0.15, -0.1) is 0 Å². The van der Waals surface area contributed by atoms with Crippen LogP contribution in [0.1, 0.15) is 36.6 Å². The number of aliphatic hydroxyl groups is 1. The Labute approximate surface area is 242 Å². The second-order valence-electron chi connectivity index (χ2n) is 9.65. The van der Waals surface area contributed by atoms with Crippen LogP contribution in [-0.4, -0.2) is 47.6 Å². The molecule has 0 spiro atoms. The number of methoxy groups -OCH3 is 2. The molecule has 1 fully saturated rings. The Kier molecular flexibility index (Phi) is 8.81. The maximum absolute atomic E-state index is 13.5. The highest BCUT2D eigenvalue weighted by molar-refractivity contribution is 6.47. The zero-order valence-corrected chi connectivity index (χ0v) is 23.9. The molecule has 8 nitrogen and oxygen atoms in total. The maximum atomic E-state index is 13.5. The minimum Gasteiger partial charge on any atom is -0.508 e. The summed E-state index contributed by atoms with van der Waals surface area (Å²) in [6.45, 7) is 4.74. The number of ether oxygens (including phenoxy) is 3. The Balaban J connectivity index is 1.82. The number of halogens is 2. The minimum atomic E-state index is -0.984. The summed E-state index contributed by atoms with van der Waals surface area (Å²) in [7, 11) is 2.72. The smallest absolute Gasteiger partial charge is 0.295 e. The van der Waals surface area contributed by atoms with Crippen LogP contribution in [0.4, 0.5) is 0 Å². The van der Waals surface area contributed by atoms with E-state index in [2.05, 4.69) is 13.8 Å². The zero-order valence-electron chi connectivity index (χ0n) is 22.4. The van der Waals surface area contributed by atoms with Gasteiger partial charge in [-0.3, -0.25) is 9.59 Å². The number of phenols is 1. The van der Waals surface area contributed by atoms with Crippen molar-refractivity contribution >= 4 is 40.7 Å². The number of nitrogens with zero attached hydrogens (tertiary/aromatic N) is 1. The summed E-state index contributed by atoms with van der Waals surface area (Å²) in [6.07, 6.45) is 0. The first-order valence-electron chi connectivity index (χ1n) is 12.5. The second kappa shape index (κ2) is 12.1. The molecule has 1 amide bonds. The molecule has 0 bridgehead atoms. The van der Waals surface area contributed by atoms with Gasteiger partial charge in [0.2, 0.25) is 0 Å². The number of hydrogen-bond acceptors (Lipinski definition) is 7. The molecule has 4 rings (SSSR count). The summed E-state index contributed by atoms with van der Waals surface area (Å²) in [4.78, 5) is 28.2. The molecule has 3 aromatic rings. The van der Waals surface area contributed by atoms with Gasteiger partial charge in [-0.05, 0) is 47.4 Å². The number of aliphatic hydroxyl groups excluding tert-OH is 1. The number of ketones is 1. The van der Waals surface area contributed by atoms with E-state index in [9.17, 15) is 19.8 Å². The van der Waals surface area contributed by atoms with Gasteiger partial charge in [0.15, 0.2) is 11.5 Å². The molecule has 210 valence electrons. The molecular formula is C30H29Cl2NO7. The fourth-order valence-electron chi connectivity index (χ4n) is 4.49. The Morgan fingerprint density at radius 2 is 1.60 bits per heavy atom. The molecule has 0 aromatic heterocycles. The van der Waals surface area contributed by atoms with Crippen molar-refractivity contribution in [1.82, 2.24) is 4.90 Å². The number of carbonyl (C=O) groups excluding carboxylic acids is 2. The molecule has 3 aromatic carbocycles. The SMILES string of the molecule is COc1c(Cl)cc(/C(O)=C2\C(=O)C(=O)N(Cc3ccc(OCC(C)C)cc3)C2c2ccc(O)cc2)c(OC)c1Cl. The van der Waals surface area contributed by atoms with E-state index in [1.165, 1.54) is 37.3 Å². The van der Waals surface area contributed by atoms with Crippen LogP contribution in [0.3, 0.4) is 0 Å². The van der Waals surface area contributed by atoms with E-state index in [1.807, 2.05) is 12.1 Å². The van der Waals surface area contributed by atoms with E-state index in [-0.39, 0.29) is 45.0 Å². The molecule has 0 radical (unpaired) electrons. The number of carbonyl (C=O) groups is 2. The summed E-state index contributed by atoms with van der Waals surface area (Å²) < 4.78 is 16.4. The van der Waals surface area contributed by atoms with Crippen LogP contribution < -0.4 is 14.2 Å². The summed E-state index contributed by atoms with van der Waals surface area (Å²) in [5.74, 6) is -0.989. The fourth-order valence-corrected chi connectivity index (χ4v) is 5.18. The highest BCUT2D eigenvalue weighted by Gasteiger charge is 2.46. The third kappa shape index (κ3) is 5.69. The molecule has 1 aliphatic rings. The van der Waals surface area contributed by atoms with E-state index >= 15 is 0 Å². The van der Waals surface area contributed by atoms with Crippen molar-refractivity contribution in [2.24, 2.45) is 5.92 Å². The van der Waals surface area contributed by atoms with Gasteiger partial charge >= 0.3 is 0 Å². The van der Waals surface area contributed by atoms with Gasteiger partial charge in [0.25, 0.3) is 11.7 Å². The van der Waals surface area contributed by atoms with Crippen molar-refractivity contribution in [3.05, 3.63) is 86.9 Å². The lowest BCUT2D eigenvalue weighted by Crippen LogP contribution is -2.29. The standard InChI is InChI=1S/C30H29Cl2NO7/c1-16(2)15-40-20-11-5-17(6-12-20)14-33-25(18-7-9-19(34)10-8-18)23(27(36)30(33)37)26(35)21-13-22(31)29(39-4)24(32)28(21)38-3/h5-13,16,25,34-35H,14-15H2,1-4H3/b26-23+. The first kappa shape index (κ1) is 29.1. The predicted octanol–water partition coefficient (Wildman–Crippen LogP) is 6.37. The third-order valence-electron chi connectivity index (χ3n) is 6.40. The number of phenolic OH excluding ortho intramolecular Hbond substituents is 1. The van der Waals surface area contributed by atoms with Crippen molar-refractivity contribution in [2.75, 3.05) is 20.8 Å². The molecule has 0 aliphatic carbocycles. The average Bonchev–Trinajstić information content (AvgIpc) is 3.17. The van der Waals surface area contributed by atoms with Crippen molar-refractivity contribution in [1.29, 1.82) is 0 Å². The Hall–Kier alpha value is -3.88. The lowest BCUT2D eigenvalue weighted by atomic mass is 9.94. The molecule has 1 unspecified atom stereocenters. The Bertz CT molecular complexity index is 1450. The number of benzene rings is 3. The first-order chi connectivity index (χ1) is 19.1. The number of Topliss-reactive ketones (excluding diaryl/α,β-unsaturated/α-hetero) is 1. The monoisotopic (exact) mass is 585 g/mol. The third-order valence-corrected chi connectivity index (χ3v) is 7.03. The first-order valence-corrected chi connectivity index (χ1v) is 13.2. The van der Waals surface area contributed by atoms with Gasteiger partial charge in [-0.1, -0.05) is 61.3 Å². The van der Waals surface area contributed by atoms with Crippen molar-refractivity contribution in [3.63, 3.8) is 0 Å². The van der Waals surface area contributed by atoms with E-state index in [0.29, 0.717) is 23.8 Å². The van der Waals surface area contributed by atoms with Crippen molar-refractivity contribution < 1.29 is 34.0 Å². The number of rotatable bonds is 9. The summed E-state index contributed by atoms with van der Waals surface area (Å²) in [6, 6.07) is 13.7. The molecule has 1 saturated heterocycles. The van der Waals surface area contributed by atoms with Crippen LogP contribution >= 0.6 is 23.2 Å². The number of hydrogen-bond donors (Lipinski definition) is 2. The van der Waals surface area contributed by atoms with Crippen LogP contribution in [0, 0.1) is 5.92 Å². The topological polar surface area (TPSA) is 106 Å². The van der Waals surface area contributed by atoms with E-state index < -0.39 is 23.5 Å². The minimum absolute atomic E-state index is 0.00534. The zero-order chi connectivity index (χ0) is 29.1. The molecule has 10 heteroatoms.